The summed E-state index contributed by atoms with van der Waals surface area (Å²) in [5.41, 5.74) is -1.16. The lowest BCUT2D eigenvalue weighted by atomic mass is 9.78. The Morgan fingerprint density at radius 1 is 1.07 bits per heavy atom. The van der Waals surface area contributed by atoms with Gasteiger partial charge in [-0.2, -0.15) is 17.5 Å². The zero-order valence-electron chi connectivity index (χ0n) is 17.3. The minimum atomic E-state index is -4.75. The fourth-order valence-corrected chi connectivity index (χ4v) is 6.19. The van der Waals surface area contributed by atoms with Gasteiger partial charge in [0.15, 0.2) is 0 Å². The third-order valence-electron chi connectivity index (χ3n) is 6.67. The molecule has 1 N–H and O–H groups in total. The molecule has 0 spiro atoms. The highest BCUT2D eigenvalue weighted by Crippen LogP contribution is 2.36. The number of nitrogens with one attached hydrogen (secondary N) is 1. The van der Waals surface area contributed by atoms with Crippen LogP contribution in [0.4, 0.5) is 13.2 Å². The van der Waals surface area contributed by atoms with Crippen molar-refractivity contribution in [2.24, 2.45) is 17.8 Å². The van der Waals surface area contributed by atoms with Gasteiger partial charge in [-0.1, -0.05) is 38.8 Å². The maximum Gasteiger partial charge on any atom is 0.417 e. The molecule has 2 fully saturated rings. The average molecular weight is 447 g/mol. The van der Waals surface area contributed by atoms with Crippen molar-refractivity contribution in [3.8, 4) is 0 Å². The van der Waals surface area contributed by atoms with E-state index in [1.165, 1.54) is 12.1 Å². The van der Waals surface area contributed by atoms with Gasteiger partial charge in [0.1, 0.15) is 0 Å². The van der Waals surface area contributed by atoms with Crippen LogP contribution in [0, 0.1) is 17.8 Å². The largest absolute Gasteiger partial charge is 0.417 e. The van der Waals surface area contributed by atoms with Crippen LogP contribution >= 0.6 is 0 Å². The van der Waals surface area contributed by atoms with Crippen molar-refractivity contribution >= 4 is 15.9 Å². The third-order valence-corrected chi connectivity index (χ3v) is 8.63. The molecule has 1 aliphatic heterocycles. The van der Waals surface area contributed by atoms with Crippen LogP contribution in [0.2, 0.25) is 0 Å². The number of sulfonamides is 1. The van der Waals surface area contributed by atoms with Crippen molar-refractivity contribution in [3.63, 3.8) is 0 Å². The minimum absolute atomic E-state index is 0.0310. The van der Waals surface area contributed by atoms with E-state index in [1.54, 1.807) is 0 Å². The molecule has 1 heterocycles. The molecule has 1 saturated carbocycles. The number of hydrogen-bond acceptors (Lipinski definition) is 3. The number of alkyl halides is 3. The highest BCUT2D eigenvalue weighted by atomic mass is 32.2. The van der Waals surface area contributed by atoms with E-state index in [0.717, 1.165) is 35.7 Å². The summed E-state index contributed by atoms with van der Waals surface area (Å²) < 4.78 is 66.5. The number of nitrogens with zero attached hydrogens (tertiary/aromatic N) is 1. The van der Waals surface area contributed by atoms with Crippen molar-refractivity contribution in [2.45, 2.75) is 63.1 Å². The van der Waals surface area contributed by atoms with Crippen LogP contribution < -0.4 is 5.32 Å². The van der Waals surface area contributed by atoms with E-state index in [1.807, 2.05) is 0 Å². The predicted molar refractivity (Wildman–Crippen MR) is 107 cm³/mol. The zero-order valence-corrected chi connectivity index (χ0v) is 18.1. The van der Waals surface area contributed by atoms with Gasteiger partial charge < -0.3 is 5.32 Å². The van der Waals surface area contributed by atoms with Gasteiger partial charge in [0.25, 0.3) is 0 Å². The van der Waals surface area contributed by atoms with Crippen molar-refractivity contribution in [1.29, 1.82) is 0 Å². The number of carbonyl (C=O) groups is 1. The lowest BCUT2D eigenvalue weighted by Crippen LogP contribution is -2.48. The van der Waals surface area contributed by atoms with E-state index in [4.69, 9.17) is 0 Å². The van der Waals surface area contributed by atoms with Gasteiger partial charge in [0.2, 0.25) is 15.9 Å². The van der Waals surface area contributed by atoms with Crippen LogP contribution in [0.15, 0.2) is 29.2 Å². The molecule has 0 unspecified atom stereocenters. The molecule has 0 aromatic heterocycles. The molecule has 30 heavy (non-hydrogen) atoms. The Hall–Kier alpha value is -1.61. The number of amides is 1. The van der Waals surface area contributed by atoms with Gasteiger partial charge in [0, 0.05) is 25.0 Å². The molecule has 2 aliphatic rings. The molecule has 3 atom stereocenters. The lowest BCUT2D eigenvalue weighted by molar-refractivity contribution is -0.139. The molecule has 5 nitrogen and oxygen atoms in total. The number of halogens is 3. The molecule has 1 aromatic carbocycles. The maximum atomic E-state index is 13.3. The smallest absolute Gasteiger partial charge is 0.353 e. The summed E-state index contributed by atoms with van der Waals surface area (Å²) in [4.78, 5) is 12.0. The van der Waals surface area contributed by atoms with Crippen LogP contribution in [-0.4, -0.2) is 37.8 Å². The van der Waals surface area contributed by atoms with Gasteiger partial charge in [-0.05, 0) is 43.2 Å². The first-order valence-corrected chi connectivity index (χ1v) is 11.9. The van der Waals surface area contributed by atoms with Crippen LogP contribution in [0.3, 0.4) is 0 Å². The SMILES string of the molecule is C[C@H]1[C@H](C)CCC[C@@H]1NC(=O)C1CCN(S(=O)(=O)c2ccccc2C(F)(F)F)CC1. The fourth-order valence-electron chi connectivity index (χ4n) is 4.51. The molecule has 0 bridgehead atoms. The molecule has 1 saturated heterocycles. The number of benzene rings is 1. The van der Waals surface area contributed by atoms with Crippen LogP contribution in [0.5, 0.6) is 0 Å². The summed E-state index contributed by atoms with van der Waals surface area (Å²) in [5, 5.41) is 3.13. The maximum absolute atomic E-state index is 13.3. The Kier molecular flexibility index (Phi) is 6.81. The first-order chi connectivity index (χ1) is 14.0. The standard InChI is InChI=1S/C21H29F3N2O3S/c1-14-6-5-8-18(15(14)2)25-20(27)16-10-12-26(13-11-16)30(28,29)19-9-4-3-7-17(19)21(22,23)24/h3-4,7,9,14-16,18H,5-6,8,10-13H2,1-2H3,(H,25,27)/t14-,15+,18+/m1/s1. The second kappa shape index (κ2) is 8.86. The first-order valence-electron chi connectivity index (χ1n) is 10.5. The van der Waals surface area contributed by atoms with Gasteiger partial charge in [0.05, 0.1) is 10.5 Å². The molecular formula is C21H29F3N2O3S. The molecule has 1 aliphatic carbocycles. The Labute approximate surface area is 176 Å². The Morgan fingerprint density at radius 2 is 1.70 bits per heavy atom. The number of rotatable bonds is 4. The molecule has 1 amide bonds. The molecule has 9 heteroatoms. The van der Waals surface area contributed by atoms with E-state index in [2.05, 4.69) is 19.2 Å². The van der Waals surface area contributed by atoms with Gasteiger partial charge in [-0.3, -0.25) is 4.79 Å². The van der Waals surface area contributed by atoms with Gasteiger partial charge >= 0.3 is 6.18 Å². The highest BCUT2D eigenvalue weighted by molar-refractivity contribution is 7.89. The highest BCUT2D eigenvalue weighted by Gasteiger charge is 2.40. The zero-order chi connectivity index (χ0) is 22.1. The van der Waals surface area contributed by atoms with E-state index in [-0.39, 0.29) is 31.0 Å². The number of carbonyl (C=O) groups excluding carboxylic acids is 1. The minimum Gasteiger partial charge on any atom is -0.353 e. The number of piperidine rings is 1. The van der Waals surface area contributed by atoms with E-state index in [9.17, 15) is 26.4 Å². The molecular weight excluding hydrogens is 417 g/mol. The monoisotopic (exact) mass is 446 g/mol. The average Bonchev–Trinajstić information content (AvgIpc) is 2.71. The number of hydrogen-bond donors (Lipinski definition) is 1. The Balaban J connectivity index is 1.65. The van der Waals surface area contributed by atoms with Gasteiger partial charge in [-0.25, -0.2) is 8.42 Å². The summed E-state index contributed by atoms with van der Waals surface area (Å²) in [6, 6.07) is 4.35. The fraction of sp³-hybridized carbons (Fsp3) is 0.667. The molecule has 3 rings (SSSR count). The third kappa shape index (κ3) is 4.82. The normalized spacial score (nSPS) is 27.0. The van der Waals surface area contributed by atoms with Crippen LogP contribution in [0.25, 0.3) is 0 Å². The van der Waals surface area contributed by atoms with Crippen LogP contribution in [0.1, 0.15) is 51.5 Å². The first kappa shape index (κ1) is 23.1. The molecule has 0 radical (unpaired) electrons. The topological polar surface area (TPSA) is 66.5 Å². The van der Waals surface area contributed by atoms with E-state index in [0.29, 0.717) is 24.7 Å². The summed E-state index contributed by atoms with van der Waals surface area (Å²) >= 11 is 0. The second-order valence-electron chi connectivity index (χ2n) is 8.55. The summed E-state index contributed by atoms with van der Waals surface area (Å²) in [6.07, 6.45) is -0.977. The predicted octanol–water partition coefficient (Wildman–Crippen LogP) is 4.05. The van der Waals surface area contributed by atoms with Crippen molar-refractivity contribution in [3.05, 3.63) is 29.8 Å². The molecule has 168 valence electrons. The molecule has 1 aromatic rings. The Bertz CT molecular complexity index is 864. The van der Waals surface area contributed by atoms with E-state index < -0.39 is 26.7 Å². The van der Waals surface area contributed by atoms with Crippen LogP contribution in [-0.2, 0) is 21.0 Å². The summed E-state index contributed by atoms with van der Waals surface area (Å²) in [7, 11) is -4.29. The Morgan fingerprint density at radius 3 is 2.33 bits per heavy atom. The quantitative estimate of drug-likeness (QED) is 0.759. The van der Waals surface area contributed by atoms with Crippen molar-refractivity contribution < 1.29 is 26.4 Å². The lowest BCUT2D eigenvalue weighted by Gasteiger charge is -2.36. The summed E-state index contributed by atoms with van der Waals surface area (Å²) in [5.74, 6) is 0.541. The van der Waals surface area contributed by atoms with Gasteiger partial charge in [-0.15, -0.1) is 0 Å². The van der Waals surface area contributed by atoms with Crippen molar-refractivity contribution in [1.82, 2.24) is 9.62 Å². The van der Waals surface area contributed by atoms with E-state index >= 15 is 0 Å². The second-order valence-corrected chi connectivity index (χ2v) is 10.5. The van der Waals surface area contributed by atoms with Crippen molar-refractivity contribution in [2.75, 3.05) is 13.1 Å². The summed E-state index contributed by atoms with van der Waals surface area (Å²) in [6.45, 7) is 4.39.